The Bertz CT molecular complexity index is 551. The molecule has 0 saturated carbocycles. The molecule has 0 bridgehead atoms. The molecule has 0 spiro atoms. The van der Waals surface area contributed by atoms with Crippen LogP contribution in [0.25, 0.3) is 0 Å². The Balaban J connectivity index is 2.23. The van der Waals surface area contributed by atoms with Crippen LogP contribution in [0.4, 0.5) is 5.82 Å². The Hall–Kier alpha value is -1.18. The van der Waals surface area contributed by atoms with Gasteiger partial charge in [0.25, 0.3) is 0 Å². The molecule has 1 aliphatic rings. The molecular formula is C13H22N4O2S. The number of hydrogen-bond donors (Lipinski definition) is 1. The second-order valence-electron chi connectivity index (χ2n) is 5.15. The summed E-state index contributed by atoms with van der Waals surface area (Å²) in [5.74, 6) is 0.547. The molecule has 1 aliphatic heterocycles. The van der Waals surface area contributed by atoms with Gasteiger partial charge >= 0.3 is 0 Å². The van der Waals surface area contributed by atoms with E-state index in [0.717, 1.165) is 26.2 Å². The number of sulfonamides is 1. The van der Waals surface area contributed by atoms with E-state index in [2.05, 4.69) is 28.5 Å². The minimum Gasteiger partial charge on any atom is -0.353 e. The Labute approximate surface area is 120 Å². The van der Waals surface area contributed by atoms with Crippen molar-refractivity contribution in [1.29, 1.82) is 0 Å². The summed E-state index contributed by atoms with van der Waals surface area (Å²) in [7, 11) is -2.06. The third-order valence-electron chi connectivity index (χ3n) is 3.65. The third-order valence-corrected chi connectivity index (χ3v) is 5.09. The van der Waals surface area contributed by atoms with Crippen LogP contribution < -0.4 is 9.62 Å². The Morgan fingerprint density at radius 2 is 1.90 bits per heavy atom. The van der Waals surface area contributed by atoms with Gasteiger partial charge in [-0.05, 0) is 33.0 Å². The van der Waals surface area contributed by atoms with Gasteiger partial charge in [-0.1, -0.05) is 0 Å². The second kappa shape index (κ2) is 6.07. The summed E-state index contributed by atoms with van der Waals surface area (Å²) < 4.78 is 26.5. The van der Waals surface area contributed by atoms with Crippen molar-refractivity contribution < 1.29 is 8.42 Å². The van der Waals surface area contributed by atoms with E-state index in [1.54, 1.807) is 18.3 Å². The van der Waals surface area contributed by atoms with Crippen LogP contribution in [0, 0.1) is 0 Å². The van der Waals surface area contributed by atoms with E-state index in [9.17, 15) is 8.42 Å². The molecule has 0 atom stereocenters. The summed E-state index contributed by atoms with van der Waals surface area (Å²) in [6, 6.07) is 3.77. The normalized spacial score (nSPS) is 17.7. The number of piperazine rings is 1. The van der Waals surface area contributed by atoms with Crippen LogP contribution in [-0.4, -0.2) is 57.6 Å². The van der Waals surface area contributed by atoms with Gasteiger partial charge in [-0.2, -0.15) is 0 Å². The molecule has 1 fully saturated rings. The van der Waals surface area contributed by atoms with E-state index < -0.39 is 10.0 Å². The van der Waals surface area contributed by atoms with E-state index in [-0.39, 0.29) is 4.90 Å². The van der Waals surface area contributed by atoms with E-state index in [1.807, 2.05) is 4.90 Å². The van der Waals surface area contributed by atoms with Gasteiger partial charge in [0.15, 0.2) is 0 Å². The van der Waals surface area contributed by atoms with Gasteiger partial charge in [0, 0.05) is 38.4 Å². The van der Waals surface area contributed by atoms with Crippen molar-refractivity contribution in [2.45, 2.75) is 24.8 Å². The molecule has 0 aromatic carbocycles. The summed E-state index contributed by atoms with van der Waals surface area (Å²) in [4.78, 5) is 8.95. The molecule has 2 heterocycles. The highest BCUT2D eigenvalue weighted by molar-refractivity contribution is 7.89. The summed E-state index contributed by atoms with van der Waals surface area (Å²) in [6.07, 6.45) is 1.64. The predicted octanol–water partition coefficient (Wildman–Crippen LogP) is 0.520. The van der Waals surface area contributed by atoms with Gasteiger partial charge in [-0.15, -0.1) is 0 Å². The molecule has 1 aromatic heterocycles. The standard InChI is InChI=1S/C13H22N4O2S/c1-11(2)16-7-9-17(10-8-16)13-12(5-4-6-15-13)20(18,19)14-3/h4-6,11,14H,7-10H2,1-3H3. The van der Waals surface area contributed by atoms with E-state index in [4.69, 9.17) is 0 Å². The molecule has 20 heavy (non-hydrogen) atoms. The number of hydrogen-bond acceptors (Lipinski definition) is 5. The largest absolute Gasteiger partial charge is 0.353 e. The van der Waals surface area contributed by atoms with Crippen molar-refractivity contribution in [3.8, 4) is 0 Å². The zero-order valence-electron chi connectivity index (χ0n) is 12.2. The molecule has 1 aromatic rings. The van der Waals surface area contributed by atoms with E-state index >= 15 is 0 Å². The molecule has 7 heteroatoms. The molecule has 2 rings (SSSR count). The van der Waals surface area contributed by atoms with Crippen LogP contribution in [0.5, 0.6) is 0 Å². The van der Waals surface area contributed by atoms with Crippen molar-refractivity contribution in [3.05, 3.63) is 18.3 Å². The van der Waals surface area contributed by atoms with Crippen LogP contribution in [0.15, 0.2) is 23.2 Å². The Kier molecular flexibility index (Phi) is 4.62. The van der Waals surface area contributed by atoms with Crippen molar-refractivity contribution in [2.24, 2.45) is 0 Å². The molecule has 112 valence electrons. The van der Waals surface area contributed by atoms with Crippen LogP contribution >= 0.6 is 0 Å². The molecule has 0 amide bonds. The fourth-order valence-corrected chi connectivity index (χ4v) is 3.29. The van der Waals surface area contributed by atoms with Crippen LogP contribution in [0.2, 0.25) is 0 Å². The molecular weight excluding hydrogens is 276 g/mol. The first kappa shape index (κ1) is 15.2. The molecule has 1 N–H and O–H groups in total. The maximum atomic E-state index is 12.0. The number of nitrogens with one attached hydrogen (secondary N) is 1. The first-order chi connectivity index (χ1) is 9.45. The fourth-order valence-electron chi connectivity index (χ4n) is 2.39. The number of pyridine rings is 1. The highest BCUT2D eigenvalue weighted by Gasteiger charge is 2.25. The van der Waals surface area contributed by atoms with Gasteiger partial charge in [0.1, 0.15) is 10.7 Å². The fraction of sp³-hybridized carbons (Fsp3) is 0.615. The van der Waals surface area contributed by atoms with Crippen molar-refractivity contribution in [2.75, 3.05) is 38.1 Å². The first-order valence-corrected chi connectivity index (χ1v) is 8.31. The topological polar surface area (TPSA) is 65.5 Å². The number of rotatable bonds is 4. The van der Waals surface area contributed by atoms with Gasteiger partial charge in [0.05, 0.1) is 0 Å². The summed E-state index contributed by atoms with van der Waals surface area (Å²) in [5, 5.41) is 0. The molecule has 0 aliphatic carbocycles. The van der Waals surface area contributed by atoms with Gasteiger partial charge < -0.3 is 4.90 Å². The lowest BCUT2D eigenvalue weighted by atomic mass is 10.2. The lowest BCUT2D eigenvalue weighted by Gasteiger charge is -2.37. The second-order valence-corrected chi connectivity index (χ2v) is 7.00. The maximum Gasteiger partial charge on any atom is 0.243 e. The maximum absolute atomic E-state index is 12.0. The number of nitrogens with zero attached hydrogens (tertiary/aromatic N) is 3. The van der Waals surface area contributed by atoms with Crippen LogP contribution in [0.3, 0.4) is 0 Å². The van der Waals surface area contributed by atoms with Crippen molar-refractivity contribution in [3.63, 3.8) is 0 Å². The smallest absolute Gasteiger partial charge is 0.243 e. The molecule has 1 saturated heterocycles. The Morgan fingerprint density at radius 1 is 1.25 bits per heavy atom. The average molecular weight is 298 g/mol. The number of aromatic nitrogens is 1. The predicted molar refractivity (Wildman–Crippen MR) is 79.4 cm³/mol. The minimum atomic E-state index is -3.48. The Morgan fingerprint density at radius 3 is 2.45 bits per heavy atom. The van der Waals surface area contributed by atoms with Crippen LogP contribution in [-0.2, 0) is 10.0 Å². The average Bonchev–Trinajstić information content (AvgIpc) is 2.47. The lowest BCUT2D eigenvalue weighted by molar-refractivity contribution is 0.208. The van der Waals surface area contributed by atoms with Gasteiger partial charge in [-0.3, -0.25) is 4.90 Å². The minimum absolute atomic E-state index is 0.250. The SMILES string of the molecule is CNS(=O)(=O)c1cccnc1N1CCN(C(C)C)CC1. The zero-order chi connectivity index (χ0) is 14.8. The van der Waals surface area contributed by atoms with Gasteiger partial charge in [0.2, 0.25) is 10.0 Å². The summed E-state index contributed by atoms with van der Waals surface area (Å²) in [5.41, 5.74) is 0. The highest BCUT2D eigenvalue weighted by Crippen LogP contribution is 2.23. The van der Waals surface area contributed by atoms with E-state index in [0.29, 0.717) is 11.9 Å². The lowest BCUT2D eigenvalue weighted by Crippen LogP contribution is -2.49. The summed E-state index contributed by atoms with van der Waals surface area (Å²) in [6.45, 7) is 7.78. The molecule has 0 radical (unpaired) electrons. The van der Waals surface area contributed by atoms with E-state index in [1.165, 1.54) is 7.05 Å². The molecule has 6 nitrogen and oxygen atoms in total. The monoisotopic (exact) mass is 298 g/mol. The van der Waals surface area contributed by atoms with Gasteiger partial charge in [-0.25, -0.2) is 18.1 Å². The highest BCUT2D eigenvalue weighted by atomic mass is 32.2. The van der Waals surface area contributed by atoms with Crippen molar-refractivity contribution in [1.82, 2.24) is 14.6 Å². The first-order valence-electron chi connectivity index (χ1n) is 6.83. The summed E-state index contributed by atoms with van der Waals surface area (Å²) >= 11 is 0. The molecule has 0 unspecified atom stereocenters. The van der Waals surface area contributed by atoms with Crippen molar-refractivity contribution >= 4 is 15.8 Å². The third kappa shape index (κ3) is 3.11. The zero-order valence-corrected chi connectivity index (χ0v) is 13.0. The quantitative estimate of drug-likeness (QED) is 0.878. The number of anilines is 1. The van der Waals surface area contributed by atoms with Crippen LogP contribution in [0.1, 0.15) is 13.8 Å².